The summed E-state index contributed by atoms with van der Waals surface area (Å²) in [6, 6.07) is 18.8. The number of nitriles is 1. The van der Waals surface area contributed by atoms with Crippen molar-refractivity contribution in [2.45, 2.75) is 34.3 Å². The molecule has 0 bridgehead atoms. The summed E-state index contributed by atoms with van der Waals surface area (Å²) in [5.41, 5.74) is 5.61. The molecule has 34 heavy (non-hydrogen) atoms. The predicted octanol–water partition coefficient (Wildman–Crippen LogP) is 6.79. The molecule has 0 fully saturated rings. The molecule has 0 unspecified atom stereocenters. The number of carbonyl (C=O) groups excluding carboxylic acids is 1. The van der Waals surface area contributed by atoms with E-state index in [9.17, 15) is 10.1 Å². The molecule has 0 radical (unpaired) electrons. The minimum Gasteiger partial charge on any atom is -0.490 e. The van der Waals surface area contributed by atoms with Crippen molar-refractivity contribution in [2.75, 3.05) is 11.9 Å². The van der Waals surface area contributed by atoms with Gasteiger partial charge in [-0.3, -0.25) is 4.79 Å². The second-order valence-electron chi connectivity index (χ2n) is 7.96. The lowest BCUT2D eigenvalue weighted by molar-refractivity contribution is -0.112. The highest BCUT2D eigenvalue weighted by atomic mass is 35.5. The van der Waals surface area contributed by atoms with Crippen LogP contribution in [0.4, 0.5) is 5.69 Å². The molecule has 0 aliphatic carbocycles. The quantitative estimate of drug-likeness (QED) is 0.288. The van der Waals surface area contributed by atoms with Crippen molar-refractivity contribution in [3.05, 3.63) is 93.0 Å². The molecule has 0 aliphatic rings. The van der Waals surface area contributed by atoms with Gasteiger partial charge in [0.15, 0.2) is 11.5 Å². The minimum atomic E-state index is -0.504. The van der Waals surface area contributed by atoms with Gasteiger partial charge in [0.1, 0.15) is 18.2 Å². The fraction of sp³-hybridized carbons (Fsp3) is 0.214. The van der Waals surface area contributed by atoms with Crippen LogP contribution in [0.3, 0.4) is 0 Å². The van der Waals surface area contributed by atoms with Gasteiger partial charge in [0.05, 0.1) is 11.6 Å². The Kier molecular flexibility index (Phi) is 8.34. The van der Waals surface area contributed by atoms with Gasteiger partial charge in [0, 0.05) is 5.69 Å². The topological polar surface area (TPSA) is 71.3 Å². The standard InChI is InChI=1S/C28H27ClN2O3/c1-5-33-26-15-22(13-23(16-30)28(32)31-24-10-6-18(2)7-11-24)14-25(29)27(26)34-17-21-9-8-19(3)20(4)12-21/h6-15H,5,17H2,1-4H3,(H,31,32)/b23-13+. The minimum absolute atomic E-state index is 0.0529. The van der Waals surface area contributed by atoms with E-state index in [4.69, 9.17) is 21.1 Å². The van der Waals surface area contributed by atoms with Crippen LogP contribution >= 0.6 is 11.6 Å². The second-order valence-corrected chi connectivity index (χ2v) is 8.37. The van der Waals surface area contributed by atoms with Crippen molar-refractivity contribution in [3.63, 3.8) is 0 Å². The fourth-order valence-electron chi connectivity index (χ4n) is 3.27. The lowest BCUT2D eigenvalue weighted by atomic mass is 10.1. The zero-order valence-corrected chi connectivity index (χ0v) is 20.5. The number of nitrogens with zero attached hydrogens (tertiary/aromatic N) is 1. The molecule has 0 aromatic heterocycles. The van der Waals surface area contributed by atoms with Crippen LogP contribution in [0.5, 0.6) is 11.5 Å². The van der Waals surface area contributed by atoms with E-state index >= 15 is 0 Å². The number of aryl methyl sites for hydroxylation is 3. The number of nitrogens with one attached hydrogen (secondary N) is 1. The lowest BCUT2D eigenvalue weighted by Crippen LogP contribution is -2.13. The van der Waals surface area contributed by atoms with Gasteiger partial charge in [-0.1, -0.05) is 47.5 Å². The molecule has 0 saturated carbocycles. The molecule has 1 amide bonds. The molecule has 3 rings (SSSR count). The maximum Gasteiger partial charge on any atom is 0.266 e. The average molecular weight is 475 g/mol. The summed E-state index contributed by atoms with van der Waals surface area (Å²) in [6.07, 6.45) is 1.48. The molecule has 6 heteroatoms. The van der Waals surface area contributed by atoms with Gasteiger partial charge in [-0.15, -0.1) is 0 Å². The van der Waals surface area contributed by atoms with Crippen LogP contribution in [0.1, 0.15) is 34.7 Å². The average Bonchev–Trinajstić information content (AvgIpc) is 2.80. The Bertz CT molecular complexity index is 1260. The summed E-state index contributed by atoms with van der Waals surface area (Å²) < 4.78 is 11.8. The maximum absolute atomic E-state index is 12.6. The first kappa shape index (κ1) is 24.9. The summed E-state index contributed by atoms with van der Waals surface area (Å²) in [4.78, 5) is 12.6. The molecular formula is C28H27ClN2O3. The Balaban J connectivity index is 1.84. The molecule has 1 N–H and O–H groups in total. The van der Waals surface area contributed by atoms with Crippen LogP contribution in [-0.4, -0.2) is 12.5 Å². The van der Waals surface area contributed by atoms with E-state index in [2.05, 4.69) is 31.3 Å². The van der Waals surface area contributed by atoms with Crippen molar-refractivity contribution in [1.82, 2.24) is 0 Å². The zero-order chi connectivity index (χ0) is 24.7. The first-order chi connectivity index (χ1) is 16.3. The number of carbonyl (C=O) groups is 1. The summed E-state index contributed by atoms with van der Waals surface area (Å²) >= 11 is 6.53. The van der Waals surface area contributed by atoms with Crippen LogP contribution in [0.2, 0.25) is 5.02 Å². The molecule has 5 nitrogen and oxygen atoms in total. The summed E-state index contributed by atoms with van der Waals surface area (Å²) in [7, 11) is 0. The van der Waals surface area contributed by atoms with Crippen LogP contribution in [0, 0.1) is 32.1 Å². The van der Waals surface area contributed by atoms with E-state index in [1.165, 1.54) is 17.2 Å². The van der Waals surface area contributed by atoms with Crippen LogP contribution in [-0.2, 0) is 11.4 Å². The summed E-state index contributed by atoms with van der Waals surface area (Å²) in [6.45, 7) is 8.68. The van der Waals surface area contributed by atoms with Gasteiger partial charge in [0.25, 0.3) is 5.91 Å². The molecule has 0 saturated heterocycles. The van der Waals surface area contributed by atoms with Crippen molar-refractivity contribution < 1.29 is 14.3 Å². The van der Waals surface area contributed by atoms with Crippen molar-refractivity contribution in [1.29, 1.82) is 5.26 Å². The largest absolute Gasteiger partial charge is 0.490 e. The van der Waals surface area contributed by atoms with E-state index in [1.807, 2.05) is 38.1 Å². The molecule has 174 valence electrons. The first-order valence-electron chi connectivity index (χ1n) is 11.0. The number of anilines is 1. The van der Waals surface area contributed by atoms with E-state index in [-0.39, 0.29) is 5.57 Å². The normalized spacial score (nSPS) is 11.0. The van der Waals surface area contributed by atoms with Gasteiger partial charge in [-0.2, -0.15) is 5.26 Å². The smallest absolute Gasteiger partial charge is 0.266 e. The van der Waals surface area contributed by atoms with Gasteiger partial charge < -0.3 is 14.8 Å². The molecular weight excluding hydrogens is 448 g/mol. The number of amides is 1. The number of hydrogen-bond acceptors (Lipinski definition) is 4. The van der Waals surface area contributed by atoms with Crippen LogP contribution in [0.15, 0.2) is 60.2 Å². The lowest BCUT2D eigenvalue weighted by Gasteiger charge is -2.15. The van der Waals surface area contributed by atoms with E-state index < -0.39 is 5.91 Å². The first-order valence-corrected chi connectivity index (χ1v) is 11.3. The summed E-state index contributed by atoms with van der Waals surface area (Å²) in [5.74, 6) is 0.360. The third-order valence-corrected chi connectivity index (χ3v) is 5.55. The highest BCUT2D eigenvalue weighted by molar-refractivity contribution is 6.32. The van der Waals surface area contributed by atoms with Crippen molar-refractivity contribution in [3.8, 4) is 17.6 Å². The Hall–Kier alpha value is -3.75. The molecule has 0 atom stereocenters. The Morgan fingerprint density at radius 2 is 1.76 bits per heavy atom. The van der Waals surface area contributed by atoms with E-state index in [1.54, 1.807) is 24.3 Å². The van der Waals surface area contributed by atoms with E-state index in [0.29, 0.717) is 41.0 Å². The van der Waals surface area contributed by atoms with E-state index in [0.717, 1.165) is 11.1 Å². The molecule has 3 aromatic rings. The summed E-state index contributed by atoms with van der Waals surface area (Å²) in [5, 5.41) is 12.6. The highest BCUT2D eigenvalue weighted by Gasteiger charge is 2.15. The SMILES string of the molecule is CCOc1cc(/C=C(\C#N)C(=O)Nc2ccc(C)cc2)cc(Cl)c1OCc1ccc(C)c(C)c1. The van der Waals surface area contributed by atoms with Gasteiger partial charge in [-0.25, -0.2) is 0 Å². The molecule has 0 spiro atoms. The Labute approximate surface area is 205 Å². The molecule has 3 aromatic carbocycles. The monoisotopic (exact) mass is 474 g/mol. The number of rotatable bonds is 8. The van der Waals surface area contributed by atoms with Crippen molar-refractivity contribution >= 4 is 29.3 Å². The highest BCUT2D eigenvalue weighted by Crippen LogP contribution is 2.38. The fourth-order valence-corrected chi connectivity index (χ4v) is 3.55. The maximum atomic E-state index is 12.6. The molecule has 0 heterocycles. The second kappa shape index (κ2) is 11.4. The van der Waals surface area contributed by atoms with Crippen LogP contribution in [0.25, 0.3) is 6.08 Å². The van der Waals surface area contributed by atoms with Gasteiger partial charge in [0.2, 0.25) is 0 Å². The van der Waals surface area contributed by atoms with Crippen LogP contribution < -0.4 is 14.8 Å². The number of hydrogen-bond donors (Lipinski definition) is 1. The van der Waals surface area contributed by atoms with Gasteiger partial charge in [-0.05, 0) is 80.3 Å². The zero-order valence-electron chi connectivity index (χ0n) is 19.7. The third-order valence-electron chi connectivity index (χ3n) is 5.27. The number of benzene rings is 3. The predicted molar refractivity (Wildman–Crippen MR) is 136 cm³/mol. The van der Waals surface area contributed by atoms with Gasteiger partial charge >= 0.3 is 0 Å². The number of halogens is 1. The Morgan fingerprint density at radius 3 is 2.41 bits per heavy atom. The van der Waals surface area contributed by atoms with Crippen molar-refractivity contribution in [2.24, 2.45) is 0 Å². The Morgan fingerprint density at radius 1 is 1.03 bits per heavy atom. The third kappa shape index (κ3) is 6.40. The number of ether oxygens (including phenoxy) is 2. The molecule has 0 aliphatic heterocycles.